The molecule has 0 saturated carbocycles. The SMILES string of the molecule is Cc1ccc(Sc2cc(NC(=O)Cn3ccc([N+](=O)[O-])n3)cc([N+](=O)[O-])c2)cc1. The Kier molecular flexibility index (Phi) is 5.88. The van der Waals surface area contributed by atoms with Crippen LogP contribution in [-0.2, 0) is 11.3 Å². The molecule has 1 heterocycles. The molecule has 1 aromatic heterocycles. The molecule has 0 atom stereocenters. The molecule has 2 aromatic carbocycles. The van der Waals surface area contributed by atoms with Crippen LogP contribution in [0.5, 0.6) is 0 Å². The van der Waals surface area contributed by atoms with Crippen molar-refractivity contribution in [2.45, 2.75) is 23.3 Å². The van der Waals surface area contributed by atoms with Crippen LogP contribution in [0.3, 0.4) is 0 Å². The van der Waals surface area contributed by atoms with Gasteiger partial charge in [0.15, 0.2) is 0 Å². The van der Waals surface area contributed by atoms with E-state index in [1.165, 1.54) is 36.2 Å². The molecule has 148 valence electrons. The van der Waals surface area contributed by atoms with E-state index in [9.17, 15) is 25.0 Å². The number of aryl methyl sites for hydroxylation is 1. The second-order valence-electron chi connectivity index (χ2n) is 6.06. The number of carbonyl (C=O) groups excluding carboxylic acids is 1. The Morgan fingerprint density at radius 1 is 1.07 bits per heavy atom. The summed E-state index contributed by atoms with van der Waals surface area (Å²) in [6.07, 6.45) is 1.31. The number of benzene rings is 2. The van der Waals surface area contributed by atoms with Gasteiger partial charge in [-0.25, -0.2) is 0 Å². The molecule has 3 aromatic rings. The smallest absolute Gasteiger partial charge is 0.358 e. The maximum Gasteiger partial charge on any atom is 0.389 e. The van der Waals surface area contributed by atoms with Crippen LogP contribution in [0.15, 0.2) is 64.5 Å². The summed E-state index contributed by atoms with van der Waals surface area (Å²) in [6.45, 7) is 1.70. The van der Waals surface area contributed by atoms with Crippen molar-refractivity contribution in [1.82, 2.24) is 9.78 Å². The fraction of sp³-hybridized carbons (Fsp3) is 0.111. The summed E-state index contributed by atoms with van der Waals surface area (Å²) >= 11 is 1.33. The molecule has 0 spiro atoms. The van der Waals surface area contributed by atoms with Crippen LogP contribution >= 0.6 is 11.8 Å². The number of amides is 1. The van der Waals surface area contributed by atoms with Gasteiger partial charge >= 0.3 is 5.82 Å². The van der Waals surface area contributed by atoms with E-state index in [4.69, 9.17) is 0 Å². The van der Waals surface area contributed by atoms with Gasteiger partial charge in [0, 0.05) is 27.6 Å². The fourth-order valence-electron chi connectivity index (χ4n) is 2.45. The third kappa shape index (κ3) is 5.39. The van der Waals surface area contributed by atoms with E-state index in [0.717, 1.165) is 15.1 Å². The van der Waals surface area contributed by atoms with E-state index in [1.807, 2.05) is 31.2 Å². The number of hydrogen-bond acceptors (Lipinski definition) is 7. The number of aromatic nitrogens is 2. The molecule has 1 N–H and O–H groups in total. The molecule has 0 fully saturated rings. The largest absolute Gasteiger partial charge is 0.389 e. The molecule has 0 aliphatic rings. The van der Waals surface area contributed by atoms with Gasteiger partial charge in [-0.3, -0.25) is 14.9 Å². The molecule has 1 amide bonds. The van der Waals surface area contributed by atoms with Crippen LogP contribution in [0.25, 0.3) is 0 Å². The highest BCUT2D eigenvalue weighted by Gasteiger charge is 2.16. The van der Waals surface area contributed by atoms with Crippen molar-refractivity contribution >= 4 is 34.9 Å². The van der Waals surface area contributed by atoms with Crippen molar-refractivity contribution in [1.29, 1.82) is 0 Å². The zero-order valence-corrected chi connectivity index (χ0v) is 16.0. The molecular weight excluding hydrogens is 398 g/mol. The third-order valence-corrected chi connectivity index (χ3v) is 4.74. The van der Waals surface area contributed by atoms with Gasteiger partial charge in [-0.1, -0.05) is 29.5 Å². The summed E-state index contributed by atoms with van der Waals surface area (Å²) in [6, 6.07) is 13.2. The Balaban J connectivity index is 1.77. The first-order valence-electron chi connectivity index (χ1n) is 8.32. The highest BCUT2D eigenvalue weighted by atomic mass is 32.2. The summed E-state index contributed by atoms with van der Waals surface area (Å²) < 4.78 is 1.12. The number of carbonyl (C=O) groups is 1. The number of nitro benzene ring substituents is 1. The molecule has 3 rings (SSSR count). The summed E-state index contributed by atoms with van der Waals surface area (Å²) in [4.78, 5) is 34.4. The van der Waals surface area contributed by atoms with Gasteiger partial charge in [0.25, 0.3) is 5.69 Å². The number of rotatable bonds is 7. The molecule has 29 heavy (non-hydrogen) atoms. The summed E-state index contributed by atoms with van der Waals surface area (Å²) in [7, 11) is 0. The van der Waals surface area contributed by atoms with E-state index < -0.39 is 15.8 Å². The maximum atomic E-state index is 12.2. The Hall–Kier alpha value is -3.73. The predicted molar refractivity (Wildman–Crippen MR) is 106 cm³/mol. The van der Waals surface area contributed by atoms with E-state index in [0.29, 0.717) is 4.90 Å². The van der Waals surface area contributed by atoms with Crippen LogP contribution in [0, 0.1) is 27.2 Å². The van der Waals surface area contributed by atoms with Gasteiger partial charge < -0.3 is 15.4 Å². The topological polar surface area (TPSA) is 133 Å². The number of anilines is 1. The normalized spacial score (nSPS) is 10.5. The molecule has 0 radical (unpaired) electrons. The molecule has 0 unspecified atom stereocenters. The lowest BCUT2D eigenvalue weighted by Crippen LogP contribution is -2.19. The number of nitro groups is 2. The summed E-state index contributed by atoms with van der Waals surface area (Å²) in [5, 5.41) is 28.1. The first-order valence-corrected chi connectivity index (χ1v) is 9.13. The standard InChI is InChI=1S/C18H15N5O5S/c1-12-2-4-15(5-3-12)29-16-9-13(8-14(10-16)22(25)26)19-18(24)11-21-7-6-17(20-21)23(27)28/h2-10H,11H2,1H3,(H,19,24). The lowest BCUT2D eigenvalue weighted by molar-refractivity contribution is -0.389. The Morgan fingerprint density at radius 3 is 2.41 bits per heavy atom. The lowest BCUT2D eigenvalue weighted by atomic mass is 10.2. The zero-order chi connectivity index (χ0) is 21.0. The number of non-ortho nitro benzene ring substituents is 1. The Morgan fingerprint density at radius 2 is 1.79 bits per heavy atom. The van der Waals surface area contributed by atoms with E-state index in [2.05, 4.69) is 10.4 Å². The minimum Gasteiger partial charge on any atom is -0.358 e. The molecule has 0 saturated heterocycles. The molecule has 0 bridgehead atoms. The van der Waals surface area contributed by atoms with E-state index in [1.54, 1.807) is 6.07 Å². The molecule has 11 heteroatoms. The fourth-order valence-corrected chi connectivity index (χ4v) is 3.36. The van der Waals surface area contributed by atoms with Crippen molar-refractivity contribution in [2.75, 3.05) is 5.32 Å². The molecular formula is C18H15N5O5S. The minimum absolute atomic E-state index is 0.160. The van der Waals surface area contributed by atoms with Crippen molar-refractivity contribution in [2.24, 2.45) is 0 Å². The van der Waals surface area contributed by atoms with E-state index >= 15 is 0 Å². The van der Waals surface area contributed by atoms with E-state index in [-0.39, 0.29) is 23.7 Å². The number of nitrogens with zero attached hydrogens (tertiary/aromatic N) is 4. The van der Waals surface area contributed by atoms with Gasteiger partial charge in [0.05, 0.1) is 22.3 Å². The monoisotopic (exact) mass is 413 g/mol. The lowest BCUT2D eigenvalue weighted by Gasteiger charge is -2.08. The van der Waals surface area contributed by atoms with Crippen LogP contribution in [-0.4, -0.2) is 25.5 Å². The third-order valence-electron chi connectivity index (χ3n) is 3.76. The van der Waals surface area contributed by atoms with Gasteiger partial charge in [0.1, 0.15) is 6.54 Å². The average Bonchev–Trinajstić information content (AvgIpc) is 3.12. The Bertz CT molecular complexity index is 1080. The van der Waals surface area contributed by atoms with Crippen molar-refractivity contribution in [3.05, 3.63) is 80.5 Å². The average molecular weight is 413 g/mol. The second kappa shape index (κ2) is 8.52. The van der Waals surface area contributed by atoms with Crippen LogP contribution in [0.2, 0.25) is 0 Å². The van der Waals surface area contributed by atoms with Gasteiger partial charge in [0.2, 0.25) is 5.91 Å². The highest BCUT2D eigenvalue weighted by Crippen LogP contribution is 2.33. The number of nitrogens with one attached hydrogen (secondary N) is 1. The van der Waals surface area contributed by atoms with Crippen LogP contribution in [0.1, 0.15) is 5.56 Å². The molecule has 0 aliphatic carbocycles. The molecule has 0 aliphatic heterocycles. The minimum atomic E-state index is -0.663. The van der Waals surface area contributed by atoms with Crippen molar-refractivity contribution < 1.29 is 14.6 Å². The highest BCUT2D eigenvalue weighted by molar-refractivity contribution is 7.99. The summed E-state index contributed by atoms with van der Waals surface area (Å²) in [5.74, 6) is -0.889. The predicted octanol–water partition coefficient (Wildman–Crippen LogP) is 3.80. The quantitative estimate of drug-likeness (QED) is 0.460. The number of hydrogen-bond donors (Lipinski definition) is 1. The zero-order valence-electron chi connectivity index (χ0n) is 15.1. The second-order valence-corrected chi connectivity index (χ2v) is 7.21. The van der Waals surface area contributed by atoms with Gasteiger partial charge in [-0.05, 0) is 30.0 Å². The maximum absolute atomic E-state index is 12.2. The summed E-state index contributed by atoms with van der Waals surface area (Å²) in [5.41, 5.74) is 1.19. The van der Waals surface area contributed by atoms with Gasteiger partial charge in [-0.15, -0.1) is 0 Å². The van der Waals surface area contributed by atoms with Crippen LogP contribution in [0.4, 0.5) is 17.2 Å². The Labute approximate surface area is 168 Å². The van der Waals surface area contributed by atoms with Gasteiger partial charge in [-0.2, -0.15) is 4.68 Å². The first kappa shape index (κ1) is 20.0. The van der Waals surface area contributed by atoms with Crippen molar-refractivity contribution in [3.8, 4) is 0 Å². The first-order chi connectivity index (χ1) is 13.8. The van der Waals surface area contributed by atoms with Crippen molar-refractivity contribution in [3.63, 3.8) is 0 Å². The van der Waals surface area contributed by atoms with Crippen LogP contribution < -0.4 is 5.32 Å². The molecule has 10 nitrogen and oxygen atoms in total.